The first-order valence-electron chi connectivity index (χ1n) is 10.2. The standard InChI is InChI=1S/C24H26N4O4/c1-26(2)14-9-15-27(22-17-25-23(32-3)16-21(22)28(30)31)20-13-8-7-12-19(20)24(29)18-10-5-4-6-11-18/h4-8,10-13,16-17H,9,14-15H2,1-3H3. The third-order valence-electron chi connectivity index (χ3n) is 5.00. The second-order valence-corrected chi connectivity index (χ2v) is 7.49. The molecule has 8 nitrogen and oxygen atoms in total. The molecule has 0 saturated carbocycles. The summed E-state index contributed by atoms with van der Waals surface area (Å²) in [6, 6.07) is 17.4. The average molecular weight is 434 g/mol. The minimum atomic E-state index is -0.458. The van der Waals surface area contributed by atoms with Crippen LogP contribution in [0.2, 0.25) is 0 Å². The van der Waals surface area contributed by atoms with Gasteiger partial charge in [-0.1, -0.05) is 42.5 Å². The molecule has 1 heterocycles. The molecule has 0 aliphatic heterocycles. The van der Waals surface area contributed by atoms with E-state index in [1.165, 1.54) is 19.4 Å². The van der Waals surface area contributed by atoms with Crippen LogP contribution in [-0.4, -0.2) is 54.9 Å². The normalized spacial score (nSPS) is 10.8. The molecule has 1 aromatic heterocycles. The average Bonchev–Trinajstić information content (AvgIpc) is 2.81. The number of methoxy groups -OCH3 is 1. The van der Waals surface area contributed by atoms with Crippen molar-refractivity contribution in [1.29, 1.82) is 0 Å². The van der Waals surface area contributed by atoms with Gasteiger partial charge in [0.25, 0.3) is 5.69 Å². The summed E-state index contributed by atoms with van der Waals surface area (Å²) >= 11 is 0. The number of benzene rings is 2. The first-order valence-corrected chi connectivity index (χ1v) is 10.2. The Morgan fingerprint density at radius 2 is 1.72 bits per heavy atom. The van der Waals surface area contributed by atoms with E-state index in [1.54, 1.807) is 35.2 Å². The van der Waals surface area contributed by atoms with Crippen LogP contribution in [0.3, 0.4) is 0 Å². The van der Waals surface area contributed by atoms with Crippen molar-refractivity contribution in [2.24, 2.45) is 0 Å². The zero-order valence-corrected chi connectivity index (χ0v) is 18.4. The van der Waals surface area contributed by atoms with Gasteiger partial charge < -0.3 is 14.5 Å². The van der Waals surface area contributed by atoms with Gasteiger partial charge in [-0.05, 0) is 39.2 Å². The first-order chi connectivity index (χ1) is 15.4. The van der Waals surface area contributed by atoms with Crippen LogP contribution < -0.4 is 9.64 Å². The summed E-state index contributed by atoms with van der Waals surface area (Å²) in [7, 11) is 5.34. The quantitative estimate of drug-likeness (QED) is 0.267. The highest BCUT2D eigenvalue weighted by molar-refractivity contribution is 6.12. The van der Waals surface area contributed by atoms with Crippen molar-refractivity contribution in [2.45, 2.75) is 6.42 Å². The van der Waals surface area contributed by atoms with Gasteiger partial charge in [0.15, 0.2) is 5.78 Å². The third kappa shape index (κ3) is 5.28. The fourth-order valence-electron chi connectivity index (χ4n) is 3.45. The minimum absolute atomic E-state index is 0.135. The van der Waals surface area contributed by atoms with Gasteiger partial charge in [-0.2, -0.15) is 0 Å². The highest BCUT2D eigenvalue weighted by Gasteiger charge is 2.26. The van der Waals surface area contributed by atoms with E-state index in [9.17, 15) is 14.9 Å². The molecule has 3 rings (SSSR count). The van der Waals surface area contributed by atoms with Crippen LogP contribution in [0.25, 0.3) is 0 Å². The molecular formula is C24H26N4O4. The zero-order chi connectivity index (χ0) is 23.1. The fourth-order valence-corrected chi connectivity index (χ4v) is 3.45. The molecule has 3 aromatic rings. The Bertz CT molecular complexity index is 1090. The molecule has 32 heavy (non-hydrogen) atoms. The number of anilines is 2. The lowest BCUT2D eigenvalue weighted by molar-refractivity contribution is -0.384. The number of pyridine rings is 1. The molecule has 0 N–H and O–H groups in total. The van der Waals surface area contributed by atoms with E-state index in [0.29, 0.717) is 29.0 Å². The molecule has 8 heteroatoms. The lowest BCUT2D eigenvalue weighted by atomic mass is 10.0. The number of hydrogen-bond acceptors (Lipinski definition) is 7. The Kier molecular flexibility index (Phi) is 7.51. The lowest BCUT2D eigenvalue weighted by Gasteiger charge is -2.27. The van der Waals surface area contributed by atoms with Gasteiger partial charge in [0.2, 0.25) is 5.88 Å². The molecule has 0 saturated heterocycles. The van der Waals surface area contributed by atoms with Gasteiger partial charge in [-0.25, -0.2) is 4.98 Å². The van der Waals surface area contributed by atoms with E-state index in [4.69, 9.17) is 4.74 Å². The molecular weight excluding hydrogens is 408 g/mol. The molecule has 0 bridgehead atoms. The monoisotopic (exact) mass is 434 g/mol. The van der Waals surface area contributed by atoms with Crippen LogP contribution in [0.5, 0.6) is 5.88 Å². The van der Waals surface area contributed by atoms with Gasteiger partial charge in [0, 0.05) is 17.7 Å². The SMILES string of the molecule is COc1cc([N+](=O)[O-])c(N(CCCN(C)C)c2ccccc2C(=O)c2ccccc2)cn1. The molecule has 0 unspecified atom stereocenters. The summed E-state index contributed by atoms with van der Waals surface area (Å²) in [6.07, 6.45) is 2.15. The van der Waals surface area contributed by atoms with Crippen molar-refractivity contribution < 1.29 is 14.5 Å². The maximum atomic E-state index is 13.3. The van der Waals surface area contributed by atoms with Gasteiger partial charge >= 0.3 is 0 Å². The van der Waals surface area contributed by atoms with E-state index in [-0.39, 0.29) is 17.4 Å². The van der Waals surface area contributed by atoms with Crippen molar-refractivity contribution in [3.63, 3.8) is 0 Å². The van der Waals surface area contributed by atoms with E-state index in [2.05, 4.69) is 4.98 Å². The number of rotatable bonds is 10. The van der Waals surface area contributed by atoms with Crippen LogP contribution in [0.15, 0.2) is 66.9 Å². The van der Waals surface area contributed by atoms with Crippen LogP contribution in [0.4, 0.5) is 17.1 Å². The smallest absolute Gasteiger partial charge is 0.299 e. The van der Waals surface area contributed by atoms with Gasteiger partial charge in [-0.15, -0.1) is 0 Å². The molecule has 0 atom stereocenters. The van der Waals surface area contributed by atoms with E-state index in [1.807, 2.05) is 43.3 Å². The Hall–Kier alpha value is -3.78. The van der Waals surface area contributed by atoms with Crippen LogP contribution >= 0.6 is 0 Å². The number of aromatic nitrogens is 1. The number of nitrogens with zero attached hydrogens (tertiary/aromatic N) is 4. The maximum Gasteiger partial charge on any atom is 0.299 e. The van der Waals surface area contributed by atoms with Gasteiger partial charge in [-0.3, -0.25) is 14.9 Å². The molecule has 0 amide bonds. The third-order valence-corrected chi connectivity index (χ3v) is 5.00. The molecule has 0 aliphatic rings. The molecule has 2 aromatic carbocycles. The van der Waals surface area contributed by atoms with Gasteiger partial charge in [0.1, 0.15) is 5.69 Å². The van der Waals surface area contributed by atoms with Crippen molar-refractivity contribution in [3.05, 3.63) is 88.1 Å². The summed E-state index contributed by atoms with van der Waals surface area (Å²) in [4.78, 5) is 32.7. The van der Waals surface area contributed by atoms with E-state index < -0.39 is 4.92 Å². The summed E-state index contributed by atoms with van der Waals surface area (Å²) in [5.41, 5.74) is 1.78. The highest BCUT2D eigenvalue weighted by Crippen LogP contribution is 2.37. The molecule has 0 fully saturated rings. The topological polar surface area (TPSA) is 88.8 Å². The Labute approximate surface area is 187 Å². The van der Waals surface area contributed by atoms with Crippen molar-refractivity contribution in [3.8, 4) is 5.88 Å². The summed E-state index contributed by atoms with van der Waals surface area (Å²) < 4.78 is 5.08. The Balaban J connectivity index is 2.12. The number of hydrogen-bond donors (Lipinski definition) is 0. The predicted octanol–water partition coefficient (Wildman–Crippen LogP) is 4.32. The number of ketones is 1. The van der Waals surface area contributed by atoms with Crippen LogP contribution in [-0.2, 0) is 0 Å². The Morgan fingerprint density at radius 1 is 1.03 bits per heavy atom. The maximum absolute atomic E-state index is 13.3. The van der Waals surface area contributed by atoms with E-state index >= 15 is 0 Å². The molecule has 0 radical (unpaired) electrons. The molecule has 0 aliphatic carbocycles. The minimum Gasteiger partial charge on any atom is -0.481 e. The van der Waals surface area contributed by atoms with E-state index in [0.717, 1.165) is 13.0 Å². The molecule has 166 valence electrons. The second kappa shape index (κ2) is 10.5. The van der Waals surface area contributed by atoms with Crippen molar-refractivity contribution in [1.82, 2.24) is 9.88 Å². The number of para-hydroxylation sites is 1. The number of carbonyl (C=O) groups is 1. The highest BCUT2D eigenvalue weighted by atomic mass is 16.6. The summed E-state index contributed by atoms with van der Waals surface area (Å²) in [5, 5.41) is 11.9. The van der Waals surface area contributed by atoms with Crippen LogP contribution in [0.1, 0.15) is 22.3 Å². The lowest BCUT2D eigenvalue weighted by Crippen LogP contribution is -2.25. The number of ether oxygens (including phenoxy) is 1. The second-order valence-electron chi connectivity index (χ2n) is 7.49. The molecule has 0 spiro atoms. The van der Waals surface area contributed by atoms with Crippen LogP contribution in [0, 0.1) is 10.1 Å². The first kappa shape index (κ1) is 22.9. The Morgan fingerprint density at radius 3 is 2.38 bits per heavy atom. The summed E-state index contributed by atoms with van der Waals surface area (Å²) in [6.45, 7) is 1.24. The summed E-state index contributed by atoms with van der Waals surface area (Å²) in [5.74, 6) is 0.00488. The number of nitro groups is 1. The van der Waals surface area contributed by atoms with Gasteiger partial charge in [0.05, 0.1) is 30.0 Å². The fraction of sp³-hybridized carbons (Fsp3) is 0.250. The predicted molar refractivity (Wildman–Crippen MR) is 124 cm³/mol. The largest absolute Gasteiger partial charge is 0.481 e. The number of carbonyl (C=O) groups excluding carboxylic acids is 1. The van der Waals surface area contributed by atoms with Crippen molar-refractivity contribution >= 4 is 22.8 Å². The van der Waals surface area contributed by atoms with Crippen molar-refractivity contribution in [2.75, 3.05) is 39.2 Å². The zero-order valence-electron chi connectivity index (χ0n) is 18.4.